The van der Waals surface area contributed by atoms with Gasteiger partial charge in [-0.1, -0.05) is 0 Å². The largest absolute Gasteiger partial charge is 0.466 e. The summed E-state index contributed by atoms with van der Waals surface area (Å²) in [5, 5.41) is 4.43. The van der Waals surface area contributed by atoms with Crippen molar-refractivity contribution in [3.63, 3.8) is 0 Å². The molecule has 2 aliphatic carbocycles. The molecule has 0 unspecified atom stereocenters. The Labute approximate surface area is 140 Å². The topological polar surface area (TPSA) is 82.8 Å². The Balaban J connectivity index is 1.68. The van der Waals surface area contributed by atoms with Gasteiger partial charge in [-0.05, 0) is 40.0 Å². The smallest absolute Gasteiger partial charge is 0.309 e. The number of carbonyl (C=O) groups is 1. The van der Waals surface area contributed by atoms with Crippen LogP contribution >= 0.6 is 0 Å². The molecule has 0 bridgehead atoms. The first-order valence-corrected chi connectivity index (χ1v) is 8.53. The van der Waals surface area contributed by atoms with Crippen molar-refractivity contribution in [1.29, 1.82) is 0 Å². The predicted molar refractivity (Wildman–Crippen MR) is 85.9 cm³/mol. The van der Waals surface area contributed by atoms with E-state index in [0.717, 1.165) is 48.2 Å². The second kappa shape index (κ2) is 5.65. The van der Waals surface area contributed by atoms with Crippen LogP contribution in [0.4, 0.5) is 0 Å². The van der Waals surface area contributed by atoms with Gasteiger partial charge in [-0.2, -0.15) is 4.68 Å². The van der Waals surface area contributed by atoms with Crippen molar-refractivity contribution < 1.29 is 9.53 Å². The van der Waals surface area contributed by atoms with Crippen LogP contribution in [0.1, 0.15) is 61.2 Å². The van der Waals surface area contributed by atoms with Gasteiger partial charge < -0.3 is 4.74 Å². The van der Waals surface area contributed by atoms with Gasteiger partial charge in [0.15, 0.2) is 5.82 Å². The minimum absolute atomic E-state index is 0.0710. The molecule has 0 N–H and O–H groups in total. The Hall–Kier alpha value is -2.31. The van der Waals surface area contributed by atoms with Gasteiger partial charge in [0.05, 0.1) is 18.2 Å². The molecule has 0 amide bonds. The van der Waals surface area contributed by atoms with Crippen molar-refractivity contribution in [2.24, 2.45) is 5.92 Å². The van der Waals surface area contributed by atoms with Crippen LogP contribution in [0.3, 0.4) is 0 Å². The molecule has 7 nitrogen and oxygen atoms in total. The van der Waals surface area contributed by atoms with E-state index in [-0.39, 0.29) is 17.8 Å². The van der Waals surface area contributed by atoms with Crippen LogP contribution in [0.2, 0.25) is 0 Å². The van der Waals surface area contributed by atoms with E-state index in [9.17, 15) is 4.79 Å². The molecule has 24 heavy (non-hydrogen) atoms. The van der Waals surface area contributed by atoms with E-state index in [1.54, 1.807) is 4.68 Å². The van der Waals surface area contributed by atoms with Crippen LogP contribution in [0.25, 0.3) is 5.82 Å². The minimum atomic E-state index is -0.122. The lowest BCUT2D eigenvalue weighted by Gasteiger charge is -2.08. The van der Waals surface area contributed by atoms with Crippen molar-refractivity contribution in [3.8, 4) is 5.82 Å². The first-order chi connectivity index (χ1) is 11.6. The molecule has 2 aromatic rings. The fourth-order valence-electron chi connectivity index (χ4n) is 3.06. The Bertz CT molecular complexity index is 796. The minimum Gasteiger partial charge on any atom is -0.466 e. The SMILES string of the molecule is CCOC(=O)[C@@H]1C[C@H]1c1cc(-n2nc(C)nc2C)nc(C2CC2)n1. The van der Waals surface area contributed by atoms with E-state index in [1.165, 1.54) is 0 Å². The zero-order chi connectivity index (χ0) is 16.8. The summed E-state index contributed by atoms with van der Waals surface area (Å²) in [5.74, 6) is 3.51. The number of esters is 1. The van der Waals surface area contributed by atoms with Gasteiger partial charge in [0.2, 0.25) is 0 Å². The molecule has 0 spiro atoms. The van der Waals surface area contributed by atoms with E-state index >= 15 is 0 Å². The van der Waals surface area contributed by atoms with E-state index in [0.29, 0.717) is 12.5 Å². The Morgan fingerprint density at radius 2 is 2.08 bits per heavy atom. The van der Waals surface area contributed by atoms with Gasteiger partial charge in [0.25, 0.3) is 0 Å². The van der Waals surface area contributed by atoms with Crippen LogP contribution in [0.5, 0.6) is 0 Å². The summed E-state index contributed by atoms with van der Waals surface area (Å²) in [6, 6.07) is 1.94. The van der Waals surface area contributed by atoms with Crippen LogP contribution in [0.15, 0.2) is 6.07 Å². The predicted octanol–water partition coefficient (Wildman–Crippen LogP) is 2.22. The number of rotatable bonds is 5. The Kier molecular flexibility index (Phi) is 3.58. The first kappa shape index (κ1) is 15.2. The van der Waals surface area contributed by atoms with Crippen molar-refractivity contribution in [2.45, 2.75) is 51.9 Å². The summed E-state index contributed by atoms with van der Waals surface area (Å²) in [7, 11) is 0. The lowest BCUT2D eigenvalue weighted by atomic mass is 10.2. The maximum absolute atomic E-state index is 11.9. The molecule has 2 saturated carbocycles. The third kappa shape index (κ3) is 2.79. The molecule has 2 atom stereocenters. The zero-order valence-electron chi connectivity index (χ0n) is 14.2. The standard InChI is InChI=1S/C17H21N5O2/c1-4-24-17(23)13-7-12(13)14-8-15(20-16(19-14)11-5-6-11)22-10(3)18-9(2)21-22/h8,11-13H,4-7H2,1-3H3/t12-,13-/m1/s1. The average molecular weight is 327 g/mol. The maximum Gasteiger partial charge on any atom is 0.309 e. The number of carbonyl (C=O) groups excluding carboxylic acids is 1. The second-order valence-electron chi connectivity index (χ2n) is 6.60. The lowest BCUT2D eigenvalue weighted by molar-refractivity contribution is -0.144. The molecular weight excluding hydrogens is 306 g/mol. The van der Waals surface area contributed by atoms with Crippen molar-refractivity contribution in [3.05, 3.63) is 29.2 Å². The number of ether oxygens (including phenoxy) is 1. The Morgan fingerprint density at radius 1 is 1.29 bits per heavy atom. The average Bonchev–Trinajstić information content (AvgIpc) is 3.45. The van der Waals surface area contributed by atoms with E-state index in [2.05, 4.69) is 15.1 Å². The first-order valence-electron chi connectivity index (χ1n) is 8.53. The monoisotopic (exact) mass is 327 g/mol. The Morgan fingerprint density at radius 3 is 2.71 bits per heavy atom. The van der Waals surface area contributed by atoms with Crippen molar-refractivity contribution in [2.75, 3.05) is 6.61 Å². The summed E-state index contributed by atoms with van der Waals surface area (Å²) in [6.07, 6.45) is 3.06. The van der Waals surface area contributed by atoms with E-state index in [1.807, 2.05) is 26.8 Å². The highest BCUT2D eigenvalue weighted by Gasteiger charge is 2.47. The third-order valence-corrected chi connectivity index (χ3v) is 4.54. The zero-order valence-corrected chi connectivity index (χ0v) is 14.2. The molecule has 0 aliphatic heterocycles. The lowest BCUT2D eigenvalue weighted by Crippen LogP contribution is -2.10. The molecule has 2 heterocycles. The van der Waals surface area contributed by atoms with Crippen molar-refractivity contribution >= 4 is 5.97 Å². The molecule has 126 valence electrons. The van der Waals surface area contributed by atoms with Crippen LogP contribution in [-0.2, 0) is 9.53 Å². The molecule has 0 aromatic carbocycles. The van der Waals surface area contributed by atoms with Gasteiger partial charge in [-0.15, -0.1) is 5.10 Å². The van der Waals surface area contributed by atoms with Gasteiger partial charge in [0.1, 0.15) is 17.5 Å². The van der Waals surface area contributed by atoms with E-state index in [4.69, 9.17) is 9.72 Å². The highest BCUT2D eigenvalue weighted by Crippen LogP contribution is 2.48. The fraction of sp³-hybridized carbons (Fsp3) is 0.588. The highest BCUT2D eigenvalue weighted by molar-refractivity contribution is 5.77. The molecule has 0 radical (unpaired) electrons. The quantitative estimate of drug-likeness (QED) is 0.783. The number of nitrogens with zero attached hydrogens (tertiary/aromatic N) is 5. The fourth-order valence-corrected chi connectivity index (χ4v) is 3.06. The molecule has 4 rings (SSSR count). The van der Waals surface area contributed by atoms with Crippen molar-refractivity contribution in [1.82, 2.24) is 24.7 Å². The molecule has 7 heteroatoms. The van der Waals surface area contributed by atoms with Gasteiger partial charge in [-0.3, -0.25) is 4.79 Å². The number of hydrogen-bond donors (Lipinski definition) is 0. The number of aromatic nitrogens is 5. The van der Waals surface area contributed by atoms with E-state index < -0.39 is 0 Å². The molecule has 2 aromatic heterocycles. The number of aryl methyl sites for hydroxylation is 2. The number of hydrogen-bond acceptors (Lipinski definition) is 6. The summed E-state index contributed by atoms with van der Waals surface area (Å²) >= 11 is 0. The third-order valence-electron chi connectivity index (χ3n) is 4.54. The molecule has 2 aliphatic rings. The summed E-state index contributed by atoms with van der Waals surface area (Å²) < 4.78 is 6.89. The normalized spacial score (nSPS) is 22.5. The van der Waals surface area contributed by atoms with Crippen LogP contribution in [-0.4, -0.2) is 37.3 Å². The summed E-state index contributed by atoms with van der Waals surface area (Å²) in [5.41, 5.74) is 0.924. The summed E-state index contributed by atoms with van der Waals surface area (Å²) in [4.78, 5) is 25.7. The van der Waals surface area contributed by atoms with Crippen LogP contribution < -0.4 is 0 Å². The van der Waals surface area contributed by atoms with Crippen LogP contribution in [0, 0.1) is 19.8 Å². The van der Waals surface area contributed by atoms with Gasteiger partial charge >= 0.3 is 5.97 Å². The second-order valence-corrected chi connectivity index (χ2v) is 6.60. The summed E-state index contributed by atoms with van der Waals surface area (Å²) in [6.45, 7) is 6.03. The maximum atomic E-state index is 11.9. The highest BCUT2D eigenvalue weighted by atomic mass is 16.5. The van der Waals surface area contributed by atoms with Gasteiger partial charge in [0, 0.05) is 17.9 Å². The molecule has 2 fully saturated rings. The van der Waals surface area contributed by atoms with Gasteiger partial charge in [-0.25, -0.2) is 15.0 Å². The molecular formula is C17H21N5O2. The molecule has 0 saturated heterocycles.